The lowest BCUT2D eigenvalue weighted by atomic mass is 9.85. The Morgan fingerprint density at radius 3 is 0.985 bits per heavy atom. The third-order valence-electron chi connectivity index (χ3n) is 29.2. The van der Waals surface area contributed by atoms with E-state index in [-0.39, 0.29) is 88.1 Å². The van der Waals surface area contributed by atoms with E-state index in [0.717, 1.165) is 202 Å². The van der Waals surface area contributed by atoms with Gasteiger partial charge in [0, 0.05) is 92.9 Å². The molecule has 136 heavy (non-hydrogen) atoms. The summed E-state index contributed by atoms with van der Waals surface area (Å²) in [6.45, 7) is 33.3. The molecule has 2 atom stereocenters. The fraction of sp³-hybridized carbons (Fsp3) is 0.466. The van der Waals surface area contributed by atoms with Gasteiger partial charge in [-0.3, -0.25) is 58.0 Å². The van der Waals surface area contributed by atoms with E-state index in [1.807, 2.05) is 13.8 Å². The number of ether oxygens (including phenoxy) is 3. The minimum atomic E-state index is -1.39. The zero-order valence-corrected chi connectivity index (χ0v) is 83.1. The van der Waals surface area contributed by atoms with Crippen LogP contribution in [0.25, 0.3) is 17.3 Å². The molecule has 0 aromatic heterocycles. The number of allylic oxidation sites excluding steroid dienone is 3. The van der Waals surface area contributed by atoms with Gasteiger partial charge in [-0.1, -0.05) is 159 Å². The lowest BCUT2D eigenvalue weighted by Gasteiger charge is -2.33. The molecule has 18 nitrogen and oxygen atoms in total. The Morgan fingerprint density at radius 1 is 0.397 bits per heavy atom. The minimum Gasteiger partial charge on any atom is -0.481 e. The Hall–Kier alpha value is -10.7. The molecule has 724 valence electrons. The highest BCUT2D eigenvalue weighted by Crippen LogP contribution is 2.45. The molecule has 0 saturated carbocycles. The Morgan fingerprint density at radius 2 is 0.684 bits per heavy atom. The molecular formula is C116H145FN6O12S. The molecule has 2 amide bonds. The molecule has 4 heterocycles. The van der Waals surface area contributed by atoms with Crippen molar-refractivity contribution >= 4 is 78.3 Å². The van der Waals surface area contributed by atoms with Gasteiger partial charge in [0.2, 0.25) is 11.8 Å². The number of aliphatic carboxylic acids is 1. The topological polar surface area (TPSA) is 235 Å². The molecular weight excluding hydrogens is 1720 g/mol. The van der Waals surface area contributed by atoms with Crippen molar-refractivity contribution < 1.29 is 62.1 Å². The number of amides is 2. The van der Waals surface area contributed by atoms with Gasteiger partial charge in [0.1, 0.15) is 23.3 Å². The smallest absolute Gasteiger partial charge is 0.311 e. The highest BCUT2D eigenvalue weighted by molar-refractivity contribution is 7.59. The molecule has 8 aromatic rings. The summed E-state index contributed by atoms with van der Waals surface area (Å²) in [4.78, 5) is 106. The number of fused-ring (bicyclic) bond motifs is 4. The molecule has 1 unspecified atom stereocenters. The molecule has 4 aliphatic carbocycles. The number of halogens is 1. The maximum Gasteiger partial charge on any atom is 0.311 e. The predicted octanol–water partition coefficient (Wildman–Crippen LogP) is 22.0. The number of carbonyl (C=O) groups excluding carboxylic acids is 7. The van der Waals surface area contributed by atoms with E-state index in [1.54, 1.807) is 0 Å². The van der Waals surface area contributed by atoms with Gasteiger partial charge in [0.25, 0.3) is 0 Å². The summed E-state index contributed by atoms with van der Waals surface area (Å²) in [6, 6.07) is 57.9. The van der Waals surface area contributed by atoms with E-state index in [9.17, 15) is 42.7 Å². The van der Waals surface area contributed by atoms with Crippen LogP contribution in [-0.2, 0) is 99.6 Å². The van der Waals surface area contributed by atoms with Crippen LogP contribution in [0.2, 0.25) is 0 Å². The van der Waals surface area contributed by atoms with Crippen molar-refractivity contribution in [2.75, 3.05) is 52.4 Å². The van der Waals surface area contributed by atoms with Gasteiger partial charge in [-0.25, -0.2) is 0 Å². The molecule has 4 fully saturated rings. The average Bonchev–Trinajstić information content (AvgIpc) is 1.62. The van der Waals surface area contributed by atoms with Gasteiger partial charge in [-0.05, 0) is 389 Å². The van der Waals surface area contributed by atoms with Crippen molar-refractivity contribution in [3.05, 3.63) is 298 Å². The number of nitrogens with zero attached hydrogens (tertiary/aromatic N) is 4. The summed E-state index contributed by atoms with van der Waals surface area (Å²) in [7, 11) is 0. The molecule has 0 radical (unpaired) electrons. The van der Waals surface area contributed by atoms with Crippen LogP contribution >= 0.6 is 13.5 Å². The first-order valence-corrected chi connectivity index (χ1v) is 49.8. The van der Waals surface area contributed by atoms with E-state index in [2.05, 4.69) is 250 Å². The first-order valence-electron chi connectivity index (χ1n) is 49.8. The number of carboxylic acids is 1. The number of hydrogen-bond donors (Lipinski definition) is 3. The first-order chi connectivity index (χ1) is 65.0. The van der Waals surface area contributed by atoms with Gasteiger partial charge in [0.15, 0.2) is 5.78 Å². The van der Waals surface area contributed by atoms with E-state index in [1.165, 1.54) is 119 Å². The average molecular weight is 1870 g/mol. The van der Waals surface area contributed by atoms with Crippen molar-refractivity contribution in [3.63, 3.8) is 0 Å². The number of ketones is 1. The summed E-state index contributed by atoms with van der Waals surface area (Å²) >= 11 is 0. The summed E-state index contributed by atoms with van der Waals surface area (Å²) in [5, 5.41) is 11.5. The van der Waals surface area contributed by atoms with Gasteiger partial charge in [-0.15, -0.1) is 0 Å². The van der Waals surface area contributed by atoms with Crippen molar-refractivity contribution in [1.82, 2.24) is 24.9 Å². The zero-order valence-electron chi connectivity index (χ0n) is 82.1. The van der Waals surface area contributed by atoms with Gasteiger partial charge < -0.3 is 30.4 Å². The number of likely N-dealkylation sites (tertiary alicyclic amines) is 4. The minimum absolute atomic E-state index is 0. The number of piperidine rings is 4. The highest BCUT2D eigenvalue weighted by Gasteiger charge is 2.37. The SMILES string of the molecule is Cc1cc2c(cc1C)C(=O)C(CC1CCN(Cc3ccccc3)CC1)C2.Cc1cc2c(cc1C)C(OC(=O)CCCC(=O)F)=C(CC1CCN(Cc3ccccc3)CC1)C2.Cc1cc2c(cc1C)C(OC(=O)CCCC(=O)N[C@H](C(N)=O)C(C)C)=C(CC1CCN(Cc3ccccc3)CC1)C2.Cc1cc2c(cc1C)C(OC(=O)CCCC(=O)O)=C(CC1CCN(Cc3ccccc3)CC1)C2.S. The van der Waals surface area contributed by atoms with Crippen LogP contribution in [0.15, 0.2) is 187 Å². The maximum absolute atomic E-state index is 13.0. The summed E-state index contributed by atoms with van der Waals surface area (Å²) < 4.78 is 30.3. The van der Waals surface area contributed by atoms with E-state index >= 15 is 0 Å². The molecule has 0 bridgehead atoms. The Balaban J connectivity index is 0.000000164. The van der Waals surface area contributed by atoms with Crippen LogP contribution in [-0.4, -0.2) is 131 Å². The summed E-state index contributed by atoms with van der Waals surface area (Å²) in [5.41, 5.74) is 33.3. The lowest BCUT2D eigenvalue weighted by molar-refractivity contribution is -0.139. The molecule has 20 heteroatoms. The van der Waals surface area contributed by atoms with Crippen LogP contribution in [0.5, 0.6) is 0 Å². The van der Waals surface area contributed by atoms with Crippen molar-refractivity contribution in [2.24, 2.45) is 41.2 Å². The molecule has 8 aliphatic rings. The van der Waals surface area contributed by atoms with Crippen molar-refractivity contribution in [3.8, 4) is 0 Å². The van der Waals surface area contributed by atoms with E-state index in [4.69, 9.17) is 25.1 Å². The van der Waals surface area contributed by atoms with E-state index < -0.39 is 29.9 Å². The number of carbonyl (C=O) groups is 8. The molecule has 4 aliphatic heterocycles. The summed E-state index contributed by atoms with van der Waals surface area (Å²) in [5.74, 6) is 2.29. The number of nitrogens with two attached hydrogens (primary N) is 1. The maximum atomic E-state index is 13.0. The fourth-order valence-electron chi connectivity index (χ4n) is 20.8. The fourth-order valence-corrected chi connectivity index (χ4v) is 20.8. The van der Waals surface area contributed by atoms with Gasteiger partial charge in [0.05, 0.1) is 0 Å². The Kier molecular flexibility index (Phi) is 38.7. The van der Waals surface area contributed by atoms with Gasteiger partial charge >= 0.3 is 29.9 Å². The third-order valence-corrected chi connectivity index (χ3v) is 29.2. The van der Waals surface area contributed by atoms with Crippen LogP contribution in [0.4, 0.5) is 4.39 Å². The van der Waals surface area contributed by atoms with Crippen LogP contribution in [0, 0.1) is 90.9 Å². The number of rotatable bonds is 34. The molecule has 8 aromatic carbocycles. The quantitative estimate of drug-likeness (QED) is 0.0193. The molecule has 4 N–H and O–H groups in total. The summed E-state index contributed by atoms with van der Waals surface area (Å²) in [6.07, 6.45) is 17.6. The van der Waals surface area contributed by atoms with Crippen molar-refractivity contribution in [2.45, 2.75) is 262 Å². The normalized spacial score (nSPS) is 17.3. The van der Waals surface area contributed by atoms with Crippen LogP contribution < -0.4 is 11.1 Å². The number of carboxylic acid groups (broad SMARTS) is 1. The number of benzene rings is 8. The number of esters is 3. The first kappa shape index (κ1) is 104. The molecule has 4 saturated heterocycles. The second-order valence-corrected chi connectivity index (χ2v) is 40.1. The predicted molar refractivity (Wildman–Crippen MR) is 543 cm³/mol. The monoisotopic (exact) mass is 1870 g/mol. The number of aryl methyl sites for hydroxylation is 8. The third kappa shape index (κ3) is 30.1. The lowest BCUT2D eigenvalue weighted by Crippen LogP contribution is -2.47. The molecule has 0 spiro atoms. The number of nitrogens with one attached hydrogen (secondary N) is 1. The van der Waals surface area contributed by atoms with Crippen LogP contribution in [0.1, 0.15) is 265 Å². The van der Waals surface area contributed by atoms with Gasteiger partial charge in [-0.2, -0.15) is 17.9 Å². The van der Waals surface area contributed by atoms with Crippen molar-refractivity contribution in [1.29, 1.82) is 0 Å². The zero-order chi connectivity index (χ0) is 95.8. The Bertz CT molecular complexity index is 5390. The number of primary amides is 1. The largest absolute Gasteiger partial charge is 0.481 e. The standard InChI is InChI=1S/C34H45N3O4.C29H34FNO3.C29H35NO4.C24H29NO.H2S/c1-22(2)32(34(35)40)36-30(38)11-8-12-31(39)41-33-28(20-27-17-23(3)24(4)18-29(27)33)19-25-13-15-37(16-14-25)21-26-9-6-5-7-10-26;1-20-15-24-18-25(17-22-11-13-31(14-12-22)19-23-7-4-3-5-8-23)29(26(24)16-21(20)2)34-28(33)10-6-9-27(30)32;1-20-15-24-18-25(17-22-11-13-30(14-12-22)19-23-7-4-3-5-8-23)29(26(24)16-21(20)2)34-28(33)10-6-9-27(31)32;1-17-12-21-15-22(24(26)23(21)13-18(17)2)14-19-8-10-25(11-9-19)16-20-6-4-3-5-7-20;/h5-7,9-10,17-18,22,25,32H,8,11-16,19-21H2,1-4H3,(H2,35,40)(H,36,38);3-5,7-8,15-16,22H,6,9-14,17-19H2,1-2H3;3-5,7-8,15-16,22H,6,9-14,17-19H2,1-2H3,(H,31,32);3-7,12-13,19,22H,8-11,14-16H2,1-2H3;1H2/t32-;;;;/m0..../s1. The molecule has 16 rings (SSSR count). The Labute approximate surface area is 813 Å². The van der Waals surface area contributed by atoms with E-state index in [0.29, 0.717) is 48.1 Å². The second-order valence-electron chi connectivity index (χ2n) is 40.1. The number of hydrogen-bond acceptors (Lipinski definition) is 15. The second kappa shape index (κ2) is 50.5. The highest BCUT2D eigenvalue weighted by atomic mass is 32.1. The van der Waals surface area contributed by atoms with Crippen LogP contribution in [0.3, 0.4) is 0 Å². The number of Topliss-reactive ketones (excluding diaryl/α,β-unsaturated/α-hetero) is 1.